The molecule has 0 saturated carbocycles. The number of hydrogen-bond donors (Lipinski definition) is 3. The van der Waals surface area contributed by atoms with Gasteiger partial charge < -0.3 is 20.5 Å². The lowest BCUT2D eigenvalue weighted by molar-refractivity contribution is -0.121. The maximum Gasteiger partial charge on any atom is 0.237 e. The molecule has 2 aliphatic rings. The molecule has 2 aliphatic heterocycles. The monoisotopic (exact) mass is 310 g/mol. The highest BCUT2D eigenvalue weighted by Gasteiger charge is 2.55. The number of benzene rings is 2. The molecule has 5 nitrogen and oxygen atoms in total. The molecule has 0 aliphatic carbocycles. The first-order chi connectivity index (χ1) is 11.2. The first-order valence-electron chi connectivity index (χ1n) is 7.68. The zero-order valence-electron chi connectivity index (χ0n) is 12.8. The molecule has 0 bridgehead atoms. The predicted octanol–water partition coefficient (Wildman–Crippen LogP) is 2.33. The van der Waals surface area contributed by atoms with Gasteiger partial charge in [-0.1, -0.05) is 24.3 Å². The Bertz CT molecular complexity index is 790. The fraction of sp³-hybridized carbons (Fsp3) is 0.278. The number of carbonyl (C=O) groups is 1. The molecule has 5 heteroatoms. The molecule has 1 spiro atoms. The molecule has 0 radical (unpaired) electrons. The molecule has 2 aromatic rings. The summed E-state index contributed by atoms with van der Waals surface area (Å²) in [5.41, 5.74) is 2.24. The van der Waals surface area contributed by atoms with Gasteiger partial charge in [-0.3, -0.25) is 4.79 Å². The second kappa shape index (κ2) is 4.99. The van der Waals surface area contributed by atoms with E-state index in [1.54, 1.807) is 12.1 Å². The Morgan fingerprint density at radius 3 is 2.91 bits per heavy atom. The average molecular weight is 310 g/mol. The molecule has 2 heterocycles. The average Bonchev–Trinajstić information content (AvgIpc) is 3.12. The molecule has 1 saturated heterocycles. The molecule has 2 atom stereocenters. The Kier molecular flexibility index (Phi) is 3.06. The second-order valence-electron chi connectivity index (χ2n) is 6.04. The number of phenolic OH excluding ortho intramolecular Hbond substituents is 1. The van der Waals surface area contributed by atoms with E-state index in [0.717, 1.165) is 29.8 Å². The van der Waals surface area contributed by atoms with Gasteiger partial charge in [0.15, 0.2) is 11.5 Å². The third-order valence-electron chi connectivity index (χ3n) is 4.96. The quantitative estimate of drug-likeness (QED) is 0.796. The van der Waals surface area contributed by atoms with E-state index in [9.17, 15) is 9.90 Å². The Morgan fingerprint density at radius 1 is 1.26 bits per heavy atom. The smallest absolute Gasteiger partial charge is 0.237 e. The maximum atomic E-state index is 12.8. The van der Waals surface area contributed by atoms with Crippen molar-refractivity contribution >= 4 is 11.6 Å². The van der Waals surface area contributed by atoms with Crippen LogP contribution < -0.4 is 15.4 Å². The highest BCUT2D eigenvalue weighted by atomic mass is 16.5. The van der Waals surface area contributed by atoms with Crippen molar-refractivity contribution in [3.05, 3.63) is 53.6 Å². The third-order valence-corrected chi connectivity index (χ3v) is 4.96. The molecule has 118 valence electrons. The van der Waals surface area contributed by atoms with Crippen molar-refractivity contribution in [1.29, 1.82) is 0 Å². The van der Waals surface area contributed by atoms with Crippen molar-refractivity contribution in [2.45, 2.75) is 17.9 Å². The van der Waals surface area contributed by atoms with Crippen LogP contribution in [0.25, 0.3) is 0 Å². The van der Waals surface area contributed by atoms with Gasteiger partial charge in [0, 0.05) is 5.69 Å². The summed E-state index contributed by atoms with van der Waals surface area (Å²) in [5, 5.41) is 16.3. The summed E-state index contributed by atoms with van der Waals surface area (Å²) in [6.07, 6.45) is 0.740. The van der Waals surface area contributed by atoms with Crippen molar-refractivity contribution in [2.24, 2.45) is 0 Å². The molecule has 1 fully saturated rings. The van der Waals surface area contributed by atoms with Gasteiger partial charge in [0.05, 0.1) is 18.6 Å². The van der Waals surface area contributed by atoms with Crippen LogP contribution in [0.1, 0.15) is 23.6 Å². The van der Waals surface area contributed by atoms with E-state index in [2.05, 4.69) is 10.6 Å². The zero-order chi connectivity index (χ0) is 16.0. The van der Waals surface area contributed by atoms with Crippen molar-refractivity contribution in [3.8, 4) is 11.5 Å². The van der Waals surface area contributed by atoms with Crippen LogP contribution in [-0.2, 0) is 10.2 Å². The lowest BCUT2D eigenvalue weighted by Crippen LogP contribution is -2.39. The standard InChI is InChI=1S/C18H18N2O3/c1-23-15-10-11(6-7-14(15)21)16-18(8-9-19-16)12-4-2-3-5-13(12)20-17(18)22/h2-7,10,16,19,21H,8-9H2,1H3,(H,20,22)/t16-,18-/m1/s1. The van der Waals surface area contributed by atoms with E-state index in [-0.39, 0.29) is 17.7 Å². The summed E-state index contributed by atoms with van der Waals surface area (Å²) in [5.74, 6) is 0.540. The van der Waals surface area contributed by atoms with Gasteiger partial charge in [-0.2, -0.15) is 0 Å². The van der Waals surface area contributed by atoms with Crippen LogP contribution in [0.15, 0.2) is 42.5 Å². The molecule has 0 aromatic heterocycles. The lowest BCUT2D eigenvalue weighted by atomic mass is 9.73. The van der Waals surface area contributed by atoms with Crippen LogP contribution in [0.4, 0.5) is 5.69 Å². The number of rotatable bonds is 2. The maximum absolute atomic E-state index is 12.8. The number of hydrogen-bond acceptors (Lipinski definition) is 4. The Labute approximate surface area is 134 Å². The molecule has 0 unspecified atom stereocenters. The van der Waals surface area contributed by atoms with Gasteiger partial charge in [-0.05, 0) is 42.3 Å². The van der Waals surface area contributed by atoms with E-state index in [1.165, 1.54) is 7.11 Å². The van der Waals surface area contributed by atoms with Crippen LogP contribution >= 0.6 is 0 Å². The third kappa shape index (κ3) is 1.86. The molecule has 23 heavy (non-hydrogen) atoms. The molecule has 3 N–H and O–H groups in total. The summed E-state index contributed by atoms with van der Waals surface area (Å²) < 4.78 is 5.21. The fourth-order valence-electron chi connectivity index (χ4n) is 3.88. The Morgan fingerprint density at radius 2 is 2.09 bits per heavy atom. The minimum Gasteiger partial charge on any atom is -0.504 e. The molecular formula is C18H18N2O3. The van der Waals surface area contributed by atoms with E-state index in [4.69, 9.17) is 4.74 Å². The number of ether oxygens (including phenoxy) is 1. The van der Waals surface area contributed by atoms with Gasteiger partial charge in [-0.25, -0.2) is 0 Å². The Balaban J connectivity index is 1.85. The van der Waals surface area contributed by atoms with Gasteiger partial charge in [0.2, 0.25) is 5.91 Å². The van der Waals surface area contributed by atoms with Gasteiger partial charge in [0.1, 0.15) is 0 Å². The number of phenols is 1. The van der Waals surface area contributed by atoms with Gasteiger partial charge in [-0.15, -0.1) is 0 Å². The van der Waals surface area contributed by atoms with Crippen LogP contribution in [0, 0.1) is 0 Å². The summed E-state index contributed by atoms with van der Waals surface area (Å²) in [4.78, 5) is 12.8. The largest absolute Gasteiger partial charge is 0.504 e. The summed E-state index contributed by atoms with van der Waals surface area (Å²) in [6.45, 7) is 0.760. The molecule has 2 aromatic carbocycles. The second-order valence-corrected chi connectivity index (χ2v) is 6.04. The summed E-state index contributed by atoms with van der Waals surface area (Å²) in [6, 6.07) is 13.0. The number of anilines is 1. The van der Waals surface area contributed by atoms with E-state index in [1.807, 2.05) is 30.3 Å². The number of methoxy groups -OCH3 is 1. The number of nitrogens with one attached hydrogen (secondary N) is 2. The topological polar surface area (TPSA) is 70.6 Å². The van der Waals surface area contributed by atoms with Crippen LogP contribution in [0.5, 0.6) is 11.5 Å². The van der Waals surface area contributed by atoms with E-state index < -0.39 is 5.41 Å². The van der Waals surface area contributed by atoms with Gasteiger partial charge in [0.25, 0.3) is 0 Å². The van der Waals surface area contributed by atoms with Gasteiger partial charge >= 0.3 is 0 Å². The normalized spacial score (nSPS) is 25.4. The Hall–Kier alpha value is -2.53. The van der Waals surface area contributed by atoms with E-state index >= 15 is 0 Å². The van der Waals surface area contributed by atoms with Crippen molar-refractivity contribution in [1.82, 2.24) is 5.32 Å². The number of fused-ring (bicyclic) bond motifs is 2. The SMILES string of the molecule is COc1cc([C@H]2NCC[C@]23C(=O)Nc2ccccc23)ccc1O. The fourth-order valence-corrected chi connectivity index (χ4v) is 3.88. The molecule has 4 rings (SSSR count). The van der Waals surface area contributed by atoms with Crippen LogP contribution in [-0.4, -0.2) is 24.7 Å². The highest BCUT2D eigenvalue weighted by molar-refractivity contribution is 6.07. The lowest BCUT2D eigenvalue weighted by Gasteiger charge is -2.29. The van der Waals surface area contributed by atoms with Crippen molar-refractivity contribution in [2.75, 3.05) is 19.0 Å². The molecule has 1 amide bonds. The summed E-state index contributed by atoms with van der Waals surface area (Å²) >= 11 is 0. The number of amides is 1. The zero-order valence-corrected chi connectivity index (χ0v) is 12.8. The minimum atomic E-state index is -0.613. The first kappa shape index (κ1) is 14.1. The number of carbonyl (C=O) groups excluding carboxylic acids is 1. The van der Waals surface area contributed by atoms with Crippen LogP contribution in [0.2, 0.25) is 0 Å². The van der Waals surface area contributed by atoms with Crippen LogP contribution in [0.3, 0.4) is 0 Å². The predicted molar refractivity (Wildman–Crippen MR) is 86.8 cm³/mol. The minimum absolute atomic E-state index is 0.0285. The number of para-hydroxylation sites is 1. The highest BCUT2D eigenvalue weighted by Crippen LogP contribution is 2.51. The van der Waals surface area contributed by atoms with Crippen molar-refractivity contribution in [3.63, 3.8) is 0 Å². The molecular weight excluding hydrogens is 292 g/mol. The summed E-state index contributed by atoms with van der Waals surface area (Å²) in [7, 11) is 1.52. The first-order valence-corrected chi connectivity index (χ1v) is 7.68. The van der Waals surface area contributed by atoms with Crippen molar-refractivity contribution < 1.29 is 14.6 Å². The van der Waals surface area contributed by atoms with E-state index in [0.29, 0.717) is 5.75 Å². The number of aromatic hydroxyl groups is 1.